The van der Waals surface area contributed by atoms with Gasteiger partial charge in [-0.3, -0.25) is 4.79 Å². The van der Waals surface area contributed by atoms with E-state index < -0.39 is 0 Å². The summed E-state index contributed by atoms with van der Waals surface area (Å²) in [5.74, 6) is -0.160. The Hall–Kier alpha value is -4.44. The van der Waals surface area contributed by atoms with Crippen LogP contribution in [0, 0.1) is 6.92 Å². The molecule has 0 aliphatic carbocycles. The number of para-hydroxylation sites is 2. The molecule has 4 aromatic carbocycles. The summed E-state index contributed by atoms with van der Waals surface area (Å²) in [6.45, 7) is 2.05. The van der Waals surface area contributed by atoms with Crippen LogP contribution in [0.3, 0.4) is 0 Å². The largest absolute Gasteiger partial charge is 0.356 e. The Morgan fingerprint density at radius 3 is 2.12 bits per heavy atom. The van der Waals surface area contributed by atoms with E-state index in [1.54, 1.807) is 0 Å². The number of carbonyl (C=O) groups excluding carboxylic acids is 1. The molecule has 0 radical (unpaired) electrons. The van der Waals surface area contributed by atoms with Crippen LogP contribution in [-0.2, 0) is 0 Å². The van der Waals surface area contributed by atoms with Crippen molar-refractivity contribution in [3.05, 3.63) is 120 Å². The second kappa shape index (κ2) is 8.97. The zero-order valence-corrected chi connectivity index (χ0v) is 18.2. The number of carbonyl (C=O) groups is 1. The highest BCUT2D eigenvalue weighted by atomic mass is 16.1. The van der Waals surface area contributed by atoms with Gasteiger partial charge in [-0.2, -0.15) is 0 Å². The van der Waals surface area contributed by atoms with Gasteiger partial charge in [0.25, 0.3) is 5.91 Å². The van der Waals surface area contributed by atoms with Crippen molar-refractivity contribution in [2.24, 2.45) is 0 Å². The smallest absolute Gasteiger partial charge is 0.256 e. The fourth-order valence-corrected chi connectivity index (χ4v) is 3.89. The molecule has 0 aliphatic rings. The number of amides is 1. The van der Waals surface area contributed by atoms with Crippen molar-refractivity contribution in [2.75, 3.05) is 10.6 Å². The number of anilines is 3. The maximum atomic E-state index is 13.3. The van der Waals surface area contributed by atoms with Crippen LogP contribution in [0.25, 0.3) is 22.2 Å². The van der Waals surface area contributed by atoms with Crippen LogP contribution >= 0.6 is 0 Å². The third-order valence-electron chi connectivity index (χ3n) is 5.59. The molecule has 0 aliphatic heterocycles. The van der Waals surface area contributed by atoms with Crippen LogP contribution in [0.5, 0.6) is 0 Å². The fourth-order valence-electron chi connectivity index (χ4n) is 3.89. The van der Waals surface area contributed by atoms with Crippen molar-refractivity contribution in [1.82, 2.24) is 4.98 Å². The lowest BCUT2D eigenvalue weighted by atomic mass is 10.0. The average molecular weight is 430 g/mol. The van der Waals surface area contributed by atoms with E-state index in [4.69, 9.17) is 4.98 Å². The third-order valence-corrected chi connectivity index (χ3v) is 5.59. The molecule has 5 aromatic rings. The van der Waals surface area contributed by atoms with Gasteiger partial charge >= 0.3 is 0 Å². The maximum Gasteiger partial charge on any atom is 0.256 e. The Morgan fingerprint density at radius 2 is 1.33 bits per heavy atom. The second-order valence-corrected chi connectivity index (χ2v) is 7.91. The minimum absolute atomic E-state index is 0.160. The summed E-state index contributed by atoms with van der Waals surface area (Å²) in [5, 5.41) is 7.22. The quantitative estimate of drug-likeness (QED) is 0.310. The van der Waals surface area contributed by atoms with E-state index in [9.17, 15) is 4.79 Å². The predicted octanol–water partition coefficient (Wildman–Crippen LogP) is 7.21. The molecule has 0 spiro atoms. The first-order valence-electron chi connectivity index (χ1n) is 10.9. The number of rotatable bonds is 5. The molecule has 1 amide bonds. The van der Waals surface area contributed by atoms with Crippen molar-refractivity contribution in [2.45, 2.75) is 6.92 Å². The standard InChI is InChI=1S/C29H23N3O/c1-20-9-5-6-12-24(20)28-19-26(25-13-7-8-14-27(25)32-28)29(33)31-23-17-15-22(16-18-23)30-21-10-3-2-4-11-21/h2-19,30H,1H3,(H,31,33). The average Bonchev–Trinajstić information content (AvgIpc) is 2.85. The number of aryl methyl sites for hydroxylation is 1. The molecule has 0 saturated heterocycles. The van der Waals surface area contributed by atoms with Crippen molar-refractivity contribution in [3.8, 4) is 11.3 Å². The monoisotopic (exact) mass is 429 g/mol. The molecule has 5 rings (SSSR count). The number of nitrogens with one attached hydrogen (secondary N) is 2. The number of hydrogen-bond donors (Lipinski definition) is 2. The van der Waals surface area contributed by atoms with E-state index in [1.807, 2.05) is 103 Å². The number of pyridine rings is 1. The van der Waals surface area contributed by atoms with E-state index in [1.165, 1.54) is 0 Å². The van der Waals surface area contributed by atoms with Crippen molar-refractivity contribution in [1.29, 1.82) is 0 Å². The Bertz CT molecular complexity index is 1430. The zero-order valence-electron chi connectivity index (χ0n) is 18.2. The van der Waals surface area contributed by atoms with Gasteiger partial charge in [0.2, 0.25) is 0 Å². The highest BCUT2D eigenvalue weighted by Crippen LogP contribution is 2.28. The van der Waals surface area contributed by atoms with E-state index in [2.05, 4.69) is 23.6 Å². The minimum Gasteiger partial charge on any atom is -0.356 e. The Balaban J connectivity index is 1.44. The van der Waals surface area contributed by atoms with Crippen LogP contribution in [0.1, 0.15) is 15.9 Å². The summed E-state index contributed by atoms with van der Waals surface area (Å²) in [7, 11) is 0. The van der Waals surface area contributed by atoms with Crippen LogP contribution in [0.4, 0.5) is 17.1 Å². The van der Waals surface area contributed by atoms with Gasteiger partial charge in [-0.05, 0) is 61.0 Å². The molecular weight excluding hydrogens is 406 g/mol. The zero-order chi connectivity index (χ0) is 22.6. The summed E-state index contributed by atoms with van der Waals surface area (Å²) in [5.41, 5.74) is 7.03. The minimum atomic E-state index is -0.160. The van der Waals surface area contributed by atoms with Crippen molar-refractivity contribution in [3.63, 3.8) is 0 Å². The first-order chi connectivity index (χ1) is 16.2. The SMILES string of the molecule is Cc1ccccc1-c1cc(C(=O)Nc2ccc(Nc3ccccc3)cc2)c2ccccc2n1. The molecule has 0 bridgehead atoms. The highest BCUT2D eigenvalue weighted by Gasteiger charge is 2.15. The van der Waals surface area contributed by atoms with Crippen molar-refractivity contribution < 1.29 is 4.79 Å². The molecule has 2 N–H and O–H groups in total. The molecule has 4 nitrogen and oxygen atoms in total. The molecular formula is C29H23N3O. The van der Waals surface area contributed by atoms with Gasteiger partial charge in [0.15, 0.2) is 0 Å². The van der Waals surface area contributed by atoms with Gasteiger partial charge in [0.05, 0.1) is 16.8 Å². The summed E-state index contributed by atoms with van der Waals surface area (Å²) in [6.07, 6.45) is 0. The van der Waals surface area contributed by atoms with Gasteiger partial charge in [0.1, 0.15) is 0 Å². The number of benzene rings is 4. The Kier molecular flexibility index (Phi) is 5.56. The van der Waals surface area contributed by atoms with Crippen molar-refractivity contribution >= 4 is 33.9 Å². The normalized spacial score (nSPS) is 10.7. The second-order valence-electron chi connectivity index (χ2n) is 7.91. The van der Waals surface area contributed by atoms with E-state index >= 15 is 0 Å². The topological polar surface area (TPSA) is 54.0 Å². The molecule has 0 fully saturated rings. The highest BCUT2D eigenvalue weighted by molar-refractivity contribution is 6.13. The van der Waals surface area contributed by atoms with Crippen LogP contribution in [0.15, 0.2) is 109 Å². The fraction of sp³-hybridized carbons (Fsp3) is 0.0345. The summed E-state index contributed by atoms with van der Waals surface area (Å²) in [4.78, 5) is 18.1. The lowest BCUT2D eigenvalue weighted by Gasteiger charge is -2.12. The van der Waals surface area contributed by atoms with Gasteiger partial charge in [-0.1, -0.05) is 60.7 Å². The molecule has 0 saturated carbocycles. The van der Waals surface area contributed by atoms with Gasteiger partial charge in [0, 0.05) is 28.0 Å². The molecule has 160 valence electrons. The Labute approximate surface area is 192 Å². The number of hydrogen-bond acceptors (Lipinski definition) is 3. The summed E-state index contributed by atoms with van der Waals surface area (Å²) in [6, 6.07) is 35.4. The molecule has 0 unspecified atom stereocenters. The number of fused-ring (bicyclic) bond motifs is 1. The first kappa shape index (κ1) is 20.5. The number of aromatic nitrogens is 1. The van der Waals surface area contributed by atoms with Crippen LogP contribution < -0.4 is 10.6 Å². The molecule has 1 aromatic heterocycles. The Morgan fingerprint density at radius 1 is 0.697 bits per heavy atom. The van der Waals surface area contributed by atoms with Gasteiger partial charge in [-0.25, -0.2) is 4.98 Å². The van der Waals surface area contributed by atoms with E-state index in [0.717, 1.165) is 44.8 Å². The molecule has 1 heterocycles. The maximum absolute atomic E-state index is 13.3. The molecule has 4 heteroatoms. The molecule has 33 heavy (non-hydrogen) atoms. The van der Waals surface area contributed by atoms with E-state index in [-0.39, 0.29) is 5.91 Å². The lowest BCUT2D eigenvalue weighted by molar-refractivity contribution is 0.102. The van der Waals surface area contributed by atoms with Crippen LogP contribution in [0.2, 0.25) is 0 Å². The summed E-state index contributed by atoms with van der Waals surface area (Å²) < 4.78 is 0. The lowest BCUT2D eigenvalue weighted by Crippen LogP contribution is -2.13. The number of nitrogens with zero attached hydrogens (tertiary/aromatic N) is 1. The third kappa shape index (κ3) is 4.46. The first-order valence-corrected chi connectivity index (χ1v) is 10.9. The summed E-state index contributed by atoms with van der Waals surface area (Å²) >= 11 is 0. The predicted molar refractivity (Wildman–Crippen MR) is 136 cm³/mol. The van der Waals surface area contributed by atoms with E-state index in [0.29, 0.717) is 5.56 Å². The molecule has 0 atom stereocenters. The van der Waals surface area contributed by atoms with Gasteiger partial charge in [-0.15, -0.1) is 0 Å². The van der Waals surface area contributed by atoms with Crippen LogP contribution in [-0.4, -0.2) is 10.9 Å². The van der Waals surface area contributed by atoms with Gasteiger partial charge < -0.3 is 10.6 Å².